The molecule has 0 aromatic heterocycles. The predicted molar refractivity (Wildman–Crippen MR) is 298 cm³/mol. The summed E-state index contributed by atoms with van der Waals surface area (Å²) in [5.41, 5.74) is 0. The third kappa shape index (κ3) is 55.1. The second kappa shape index (κ2) is 52.4. The SMILES string of the molecule is CCCCCCCCCCCCCCCCCCCCCCCCCCCCCCCCCCCCCC(=O)N[C@@H](COP(=O)([O-])OCC[N+](C)(C)C)[C@H](O)CCCCCCCCCCCCCC. The molecule has 1 unspecified atom stereocenters. The van der Waals surface area contributed by atoms with E-state index in [1.54, 1.807) is 0 Å². The highest BCUT2D eigenvalue weighted by molar-refractivity contribution is 7.45. The molecule has 0 saturated carbocycles. The molecule has 0 fully saturated rings. The summed E-state index contributed by atoms with van der Waals surface area (Å²) in [6, 6.07) is -0.794. The molecule has 3 atom stereocenters. The van der Waals surface area contributed by atoms with Crippen LogP contribution in [0.1, 0.15) is 328 Å². The van der Waals surface area contributed by atoms with E-state index in [2.05, 4.69) is 19.2 Å². The number of likely N-dealkylation sites (N-methyl/N-ethyl adjacent to an activating group) is 1. The van der Waals surface area contributed by atoms with Crippen LogP contribution in [-0.4, -0.2) is 68.5 Å². The van der Waals surface area contributed by atoms with Crippen LogP contribution in [-0.2, 0) is 18.4 Å². The van der Waals surface area contributed by atoms with Crippen LogP contribution >= 0.6 is 7.82 Å². The van der Waals surface area contributed by atoms with Crippen LogP contribution in [0.25, 0.3) is 0 Å². The van der Waals surface area contributed by atoms with Crippen molar-refractivity contribution in [2.24, 2.45) is 0 Å². The number of quaternary nitrogens is 1. The number of carbonyl (C=O) groups excluding carboxylic acids is 1. The highest BCUT2D eigenvalue weighted by Gasteiger charge is 2.24. The van der Waals surface area contributed by atoms with E-state index in [1.807, 2.05) is 21.1 Å². The first-order valence-electron chi connectivity index (χ1n) is 30.9. The van der Waals surface area contributed by atoms with Gasteiger partial charge in [-0.1, -0.05) is 309 Å². The van der Waals surface area contributed by atoms with Crippen molar-refractivity contribution in [3.63, 3.8) is 0 Å². The maximum Gasteiger partial charge on any atom is 0.268 e. The molecular weight excluding hydrogens is 876 g/mol. The molecule has 0 aromatic carbocycles. The minimum Gasteiger partial charge on any atom is -0.756 e. The first kappa shape index (κ1) is 68.5. The van der Waals surface area contributed by atoms with Crippen molar-refractivity contribution < 1.29 is 32.9 Å². The maximum atomic E-state index is 13.0. The second-order valence-electron chi connectivity index (χ2n) is 22.8. The van der Waals surface area contributed by atoms with Gasteiger partial charge >= 0.3 is 0 Å². The van der Waals surface area contributed by atoms with Gasteiger partial charge in [0.2, 0.25) is 5.91 Å². The van der Waals surface area contributed by atoms with Crippen LogP contribution in [0.3, 0.4) is 0 Å². The van der Waals surface area contributed by atoms with Gasteiger partial charge in [-0.3, -0.25) is 9.36 Å². The zero-order valence-electron chi connectivity index (χ0n) is 47.3. The Bertz CT molecular complexity index is 1090. The zero-order chi connectivity index (χ0) is 50.6. The smallest absolute Gasteiger partial charge is 0.268 e. The van der Waals surface area contributed by atoms with Crippen LogP contribution in [0.4, 0.5) is 0 Å². The van der Waals surface area contributed by atoms with Gasteiger partial charge in [0.1, 0.15) is 13.2 Å². The normalized spacial score (nSPS) is 13.8. The Hall–Kier alpha value is -0.500. The van der Waals surface area contributed by atoms with Gasteiger partial charge in [0.15, 0.2) is 0 Å². The van der Waals surface area contributed by atoms with Crippen molar-refractivity contribution in [2.45, 2.75) is 341 Å². The number of nitrogens with one attached hydrogen (secondary N) is 1. The molecule has 8 nitrogen and oxygen atoms in total. The van der Waals surface area contributed by atoms with E-state index in [9.17, 15) is 19.4 Å². The Balaban J connectivity index is 3.85. The topological polar surface area (TPSA) is 108 Å². The van der Waals surface area contributed by atoms with E-state index < -0.39 is 20.0 Å². The van der Waals surface area contributed by atoms with Crippen LogP contribution in [0.5, 0.6) is 0 Å². The first-order valence-corrected chi connectivity index (χ1v) is 32.3. The number of rotatable bonds is 58. The molecule has 0 radical (unpaired) electrons. The van der Waals surface area contributed by atoms with Crippen molar-refractivity contribution in [3.05, 3.63) is 0 Å². The number of aliphatic hydroxyl groups is 1. The number of amides is 1. The minimum absolute atomic E-state index is 0.0163. The van der Waals surface area contributed by atoms with E-state index in [-0.39, 0.29) is 19.1 Å². The molecule has 414 valence electrons. The lowest BCUT2D eigenvalue weighted by atomic mass is 10.0. The number of carbonyl (C=O) groups is 1. The molecule has 9 heteroatoms. The Morgan fingerprint density at radius 1 is 0.449 bits per heavy atom. The number of hydrogen-bond donors (Lipinski definition) is 2. The lowest BCUT2D eigenvalue weighted by molar-refractivity contribution is -0.870. The molecular formula is C60H123N2O6P. The van der Waals surface area contributed by atoms with Gasteiger partial charge in [-0.15, -0.1) is 0 Å². The third-order valence-corrected chi connectivity index (χ3v) is 15.6. The maximum absolute atomic E-state index is 13.0. The van der Waals surface area contributed by atoms with Crippen molar-refractivity contribution in [1.29, 1.82) is 0 Å². The molecule has 1 amide bonds. The second-order valence-corrected chi connectivity index (χ2v) is 24.2. The number of unbranched alkanes of at least 4 members (excludes halogenated alkanes) is 45. The molecule has 0 aliphatic heterocycles. The van der Waals surface area contributed by atoms with Crippen LogP contribution in [0.2, 0.25) is 0 Å². The molecule has 0 saturated heterocycles. The Kier molecular flexibility index (Phi) is 52.0. The van der Waals surface area contributed by atoms with Gasteiger partial charge in [-0.2, -0.15) is 0 Å². The molecule has 0 rings (SSSR count). The van der Waals surface area contributed by atoms with E-state index in [0.717, 1.165) is 38.5 Å². The number of phosphoric ester groups is 1. The number of phosphoric acid groups is 1. The summed E-state index contributed by atoms with van der Waals surface area (Å²) in [5, 5.41) is 14.0. The summed E-state index contributed by atoms with van der Waals surface area (Å²) in [7, 11) is 1.32. The van der Waals surface area contributed by atoms with Crippen LogP contribution < -0.4 is 10.2 Å². The molecule has 69 heavy (non-hydrogen) atoms. The summed E-state index contributed by atoms with van der Waals surface area (Å²) < 4.78 is 23.4. The fraction of sp³-hybridized carbons (Fsp3) is 0.983. The van der Waals surface area contributed by atoms with Gasteiger partial charge in [0.05, 0.1) is 39.9 Å². The highest BCUT2D eigenvalue weighted by atomic mass is 31.2. The van der Waals surface area contributed by atoms with Gasteiger partial charge in [0, 0.05) is 6.42 Å². The molecule has 0 aliphatic carbocycles. The zero-order valence-corrected chi connectivity index (χ0v) is 48.2. The van der Waals surface area contributed by atoms with E-state index in [0.29, 0.717) is 23.9 Å². The van der Waals surface area contributed by atoms with Crippen LogP contribution in [0, 0.1) is 0 Å². The number of hydrogen-bond acceptors (Lipinski definition) is 6. The lowest BCUT2D eigenvalue weighted by Crippen LogP contribution is -2.46. The summed E-state index contributed by atoms with van der Waals surface area (Å²) in [6.07, 6.45) is 63.2. The quantitative estimate of drug-likeness (QED) is 0.0357. The lowest BCUT2D eigenvalue weighted by Gasteiger charge is -2.30. The fourth-order valence-electron chi connectivity index (χ4n) is 9.75. The minimum atomic E-state index is -4.56. The summed E-state index contributed by atoms with van der Waals surface area (Å²) in [4.78, 5) is 25.5. The molecule has 0 heterocycles. The molecule has 0 bridgehead atoms. The van der Waals surface area contributed by atoms with Crippen molar-refractivity contribution in [1.82, 2.24) is 5.32 Å². The Morgan fingerprint density at radius 2 is 0.710 bits per heavy atom. The summed E-state index contributed by atoms with van der Waals surface area (Å²) in [5.74, 6) is -0.157. The van der Waals surface area contributed by atoms with Gasteiger partial charge < -0.3 is 28.8 Å². The van der Waals surface area contributed by atoms with Crippen molar-refractivity contribution in [2.75, 3.05) is 40.9 Å². The summed E-state index contributed by atoms with van der Waals surface area (Å²) >= 11 is 0. The van der Waals surface area contributed by atoms with Crippen molar-refractivity contribution >= 4 is 13.7 Å². The first-order chi connectivity index (χ1) is 33.5. The highest BCUT2D eigenvalue weighted by Crippen LogP contribution is 2.38. The molecule has 0 aromatic rings. The van der Waals surface area contributed by atoms with Gasteiger partial charge in [-0.25, -0.2) is 0 Å². The largest absolute Gasteiger partial charge is 0.756 e. The molecule has 2 N–H and O–H groups in total. The third-order valence-electron chi connectivity index (χ3n) is 14.6. The Morgan fingerprint density at radius 3 is 0.986 bits per heavy atom. The van der Waals surface area contributed by atoms with Crippen LogP contribution in [0.15, 0.2) is 0 Å². The summed E-state index contributed by atoms with van der Waals surface area (Å²) in [6.45, 7) is 4.76. The van der Waals surface area contributed by atoms with E-state index in [4.69, 9.17) is 9.05 Å². The van der Waals surface area contributed by atoms with E-state index in [1.165, 1.54) is 263 Å². The van der Waals surface area contributed by atoms with E-state index >= 15 is 0 Å². The monoisotopic (exact) mass is 999 g/mol. The molecule has 0 aliphatic rings. The van der Waals surface area contributed by atoms with Gasteiger partial charge in [-0.05, 0) is 12.8 Å². The van der Waals surface area contributed by atoms with Crippen molar-refractivity contribution in [3.8, 4) is 0 Å². The average molecular weight is 1000 g/mol. The molecule has 0 spiro atoms. The number of nitrogens with zero attached hydrogens (tertiary/aromatic N) is 1. The number of aliphatic hydroxyl groups excluding tert-OH is 1. The Labute approximate surface area is 431 Å². The standard InChI is InChI=1S/C60H123N2O6P/c1-6-8-10-12-14-16-18-20-21-22-23-24-25-26-27-28-29-30-31-32-33-34-35-36-37-38-39-40-41-42-44-46-48-50-52-54-60(64)61-58(57-68-69(65,66)67-56-55-62(3,4)5)59(63)53-51-49-47-45-43-19-17-15-13-11-9-7-2/h58-59,63H,6-57H2,1-5H3,(H-,61,64,65,66)/t58-,59+/m0/s1. The van der Waals surface area contributed by atoms with Gasteiger partial charge in [0.25, 0.3) is 7.82 Å². The predicted octanol–water partition coefficient (Wildman–Crippen LogP) is 18.2. The average Bonchev–Trinajstić information content (AvgIpc) is 3.31. The fourth-order valence-corrected chi connectivity index (χ4v) is 10.5.